The molecule has 1 saturated heterocycles. The second-order valence-corrected chi connectivity index (χ2v) is 7.86. The van der Waals surface area contributed by atoms with Crippen molar-refractivity contribution in [1.29, 1.82) is 0 Å². The number of aromatic nitrogens is 3. The Morgan fingerprint density at radius 2 is 1.93 bits per heavy atom. The minimum Gasteiger partial charge on any atom is -0.378 e. The Labute approximate surface area is 167 Å². The molecule has 1 amide bonds. The van der Waals surface area contributed by atoms with Gasteiger partial charge in [-0.3, -0.25) is 14.5 Å². The first kappa shape index (κ1) is 17.5. The van der Waals surface area contributed by atoms with E-state index >= 15 is 0 Å². The number of fused-ring (bicyclic) bond motifs is 3. The standard InChI is InChI=1S/C21H20N4O2S/c26-21(24-9-11-27-12-10-24)19-17-14-28-18-7-2-1-6-16(18)20(17)25(23-19)13-15-5-3-4-8-22-15/h1-8H,9-14H2. The number of thioether (sulfide) groups is 1. The molecule has 0 radical (unpaired) electrons. The molecular weight excluding hydrogens is 372 g/mol. The molecule has 6 nitrogen and oxygen atoms in total. The summed E-state index contributed by atoms with van der Waals surface area (Å²) in [5.74, 6) is 0.749. The Morgan fingerprint density at radius 1 is 1.11 bits per heavy atom. The van der Waals surface area contributed by atoms with Crippen molar-refractivity contribution in [3.8, 4) is 11.3 Å². The van der Waals surface area contributed by atoms with Gasteiger partial charge in [-0.2, -0.15) is 5.10 Å². The van der Waals surface area contributed by atoms with Crippen molar-refractivity contribution in [2.24, 2.45) is 0 Å². The van der Waals surface area contributed by atoms with Crippen LogP contribution in [0.15, 0.2) is 53.6 Å². The molecule has 2 aliphatic heterocycles. The van der Waals surface area contributed by atoms with E-state index in [0.717, 1.165) is 28.3 Å². The SMILES string of the molecule is O=C(c1nn(Cc2ccccn2)c2c1CSc1ccccc1-2)N1CCOCC1. The molecule has 0 bridgehead atoms. The predicted molar refractivity (Wildman–Crippen MR) is 107 cm³/mol. The van der Waals surface area contributed by atoms with E-state index in [1.54, 1.807) is 18.0 Å². The number of hydrogen-bond donors (Lipinski definition) is 0. The number of nitrogens with zero attached hydrogens (tertiary/aromatic N) is 4. The number of carbonyl (C=O) groups is 1. The summed E-state index contributed by atoms with van der Waals surface area (Å²) in [5, 5.41) is 4.79. The molecule has 1 aromatic carbocycles. The van der Waals surface area contributed by atoms with Crippen LogP contribution in [-0.2, 0) is 17.0 Å². The summed E-state index contributed by atoms with van der Waals surface area (Å²) >= 11 is 1.76. The lowest BCUT2D eigenvalue weighted by Crippen LogP contribution is -2.41. The zero-order chi connectivity index (χ0) is 18.9. The molecular formula is C21H20N4O2S. The first-order chi connectivity index (χ1) is 13.8. The van der Waals surface area contributed by atoms with Crippen LogP contribution in [0.3, 0.4) is 0 Å². The van der Waals surface area contributed by atoms with Crippen LogP contribution in [0.1, 0.15) is 21.7 Å². The summed E-state index contributed by atoms with van der Waals surface area (Å²) in [5.41, 5.74) is 4.69. The van der Waals surface area contributed by atoms with Gasteiger partial charge in [0.15, 0.2) is 5.69 Å². The normalized spacial score (nSPS) is 15.8. The smallest absolute Gasteiger partial charge is 0.274 e. The van der Waals surface area contributed by atoms with Crippen LogP contribution in [-0.4, -0.2) is 51.9 Å². The van der Waals surface area contributed by atoms with Gasteiger partial charge < -0.3 is 9.64 Å². The van der Waals surface area contributed by atoms with Gasteiger partial charge in [-0.1, -0.05) is 24.3 Å². The molecule has 2 aromatic heterocycles. The van der Waals surface area contributed by atoms with Crippen molar-refractivity contribution in [3.63, 3.8) is 0 Å². The predicted octanol–water partition coefficient (Wildman–Crippen LogP) is 3.07. The molecule has 0 unspecified atom stereocenters. The summed E-state index contributed by atoms with van der Waals surface area (Å²) in [6, 6.07) is 14.2. The van der Waals surface area contributed by atoms with Gasteiger partial charge in [0.1, 0.15) is 0 Å². The second-order valence-electron chi connectivity index (χ2n) is 6.84. The molecule has 0 atom stereocenters. The van der Waals surface area contributed by atoms with Crippen molar-refractivity contribution in [3.05, 3.63) is 65.6 Å². The van der Waals surface area contributed by atoms with E-state index in [4.69, 9.17) is 9.84 Å². The summed E-state index contributed by atoms with van der Waals surface area (Å²) in [6.07, 6.45) is 1.79. The molecule has 5 rings (SSSR count). The molecule has 0 aliphatic carbocycles. The number of benzene rings is 1. The highest BCUT2D eigenvalue weighted by atomic mass is 32.2. The highest BCUT2D eigenvalue weighted by molar-refractivity contribution is 7.98. The van der Waals surface area contributed by atoms with E-state index in [9.17, 15) is 4.79 Å². The zero-order valence-electron chi connectivity index (χ0n) is 15.4. The monoisotopic (exact) mass is 392 g/mol. The fourth-order valence-electron chi connectivity index (χ4n) is 3.72. The minimum absolute atomic E-state index is 0.000646. The average Bonchev–Trinajstić information content (AvgIpc) is 3.13. The van der Waals surface area contributed by atoms with Gasteiger partial charge in [-0.05, 0) is 18.2 Å². The topological polar surface area (TPSA) is 60.2 Å². The maximum Gasteiger partial charge on any atom is 0.274 e. The quantitative estimate of drug-likeness (QED) is 0.686. The van der Waals surface area contributed by atoms with Crippen LogP contribution < -0.4 is 0 Å². The first-order valence-corrected chi connectivity index (χ1v) is 10.4. The Kier molecular flexibility index (Phi) is 4.62. The largest absolute Gasteiger partial charge is 0.378 e. The Bertz CT molecular complexity index is 1010. The maximum absolute atomic E-state index is 13.2. The third-order valence-corrected chi connectivity index (χ3v) is 6.20. The van der Waals surface area contributed by atoms with E-state index in [2.05, 4.69) is 23.2 Å². The molecule has 0 spiro atoms. The molecule has 28 heavy (non-hydrogen) atoms. The number of hydrogen-bond acceptors (Lipinski definition) is 5. The second kappa shape index (κ2) is 7.41. The third kappa shape index (κ3) is 3.10. The number of pyridine rings is 1. The van der Waals surface area contributed by atoms with Crippen LogP contribution in [0.4, 0.5) is 0 Å². The molecule has 2 aliphatic rings. The molecule has 3 aromatic rings. The fourth-order valence-corrected chi connectivity index (χ4v) is 4.79. The molecule has 4 heterocycles. The third-order valence-electron chi connectivity index (χ3n) is 5.10. The van der Waals surface area contributed by atoms with Gasteiger partial charge in [-0.25, -0.2) is 0 Å². The average molecular weight is 392 g/mol. The maximum atomic E-state index is 13.2. The highest BCUT2D eigenvalue weighted by Gasteiger charge is 2.31. The Morgan fingerprint density at radius 3 is 2.75 bits per heavy atom. The van der Waals surface area contributed by atoms with E-state index < -0.39 is 0 Å². The van der Waals surface area contributed by atoms with Crippen molar-refractivity contribution in [1.82, 2.24) is 19.7 Å². The van der Waals surface area contributed by atoms with Gasteiger partial charge in [0, 0.05) is 41.1 Å². The summed E-state index contributed by atoms with van der Waals surface area (Å²) in [4.78, 5) is 20.7. The van der Waals surface area contributed by atoms with Crippen molar-refractivity contribution in [2.45, 2.75) is 17.2 Å². The van der Waals surface area contributed by atoms with Crippen LogP contribution in [0.25, 0.3) is 11.3 Å². The van der Waals surface area contributed by atoms with Gasteiger partial charge in [0.25, 0.3) is 5.91 Å². The van der Waals surface area contributed by atoms with Crippen LogP contribution in [0.5, 0.6) is 0 Å². The lowest BCUT2D eigenvalue weighted by Gasteiger charge is -2.26. The highest BCUT2D eigenvalue weighted by Crippen LogP contribution is 2.43. The first-order valence-electron chi connectivity index (χ1n) is 9.40. The van der Waals surface area contributed by atoms with Crippen molar-refractivity contribution < 1.29 is 9.53 Å². The summed E-state index contributed by atoms with van der Waals surface area (Å²) in [7, 11) is 0. The van der Waals surface area contributed by atoms with Crippen LogP contribution in [0, 0.1) is 0 Å². The van der Waals surface area contributed by atoms with Crippen molar-refractivity contribution >= 4 is 17.7 Å². The van der Waals surface area contributed by atoms with Crippen LogP contribution in [0.2, 0.25) is 0 Å². The summed E-state index contributed by atoms with van der Waals surface area (Å²) in [6.45, 7) is 2.94. The van der Waals surface area contributed by atoms with Gasteiger partial charge in [0.05, 0.1) is 31.1 Å². The van der Waals surface area contributed by atoms with Gasteiger partial charge >= 0.3 is 0 Å². The number of carbonyl (C=O) groups excluding carboxylic acids is 1. The zero-order valence-corrected chi connectivity index (χ0v) is 16.2. The molecule has 142 valence electrons. The van der Waals surface area contributed by atoms with Gasteiger partial charge in [0.2, 0.25) is 0 Å². The Hall–Kier alpha value is -2.64. The van der Waals surface area contributed by atoms with E-state index in [-0.39, 0.29) is 5.91 Å². The van der Waals surface area contributed by atoms with E-state index in [1.807, 2.05) is 33.8 Å². The number of amides is 1. The van der Waals surface area contributed by atoms with Crippen molar-refractivity contribution in [2.75, 3.05) is 26.3 Å². The lowest BCUT2D eigenvalue weighted by molar-refractivity contribution is 0.0298. The van der Waals surface area contributed by atoms with E-state index in [0.29, 0.717) is 38.5 Å². The summed E-state index contributed by atoms with van der Waals surface area (Å²) < 4.78 is 7.35. The minimum atomic E-state index is -0.000646. The number of morpholine rings is 1. The van der Waals surface area contributed by atoms with E-state index in [1.165, 1.54) is 4.90 Å². The molecule has 1 fully saturated rings. The van der Waals surface area contributed by atoms with Crippen LogP contribution >= 0.6 is 11.8 Å². The molecule has 7 heteroatoms. The van der Waals surface area contributed by atoms with Gasteiger partial charge in [-0.15, -0.1) is 11.8 Å². The Balaban J connectivity index is 1.61. The molecule has 0 N–H and O–H groups in total. The number of rotatable bonds is 3. The lowest BCUT2D eigenvalue weighted by atomic mass is 10.1. The number of ether oxygens (including phenoxy) is 1. The fraction of sp³-hybridized carbons (Fsp3) is 0.286. The molecule has 0 saturated carbocycles.